The summed E-state index contributed by atoms with van der Waals surface area (Å²) in [7, 11) is 0. The fourth-order valence-corrected chi connectivity index (χ4v) is 1.16. The number of hydrogen-bond donors (Lipinski definition) is 1. The zero-order valence-electron chi connectivity index (χ0n) is 7.88. The van der Waals surface area contributed by atoms with Gasteiger partial charge >= 0.3 is 0 Å². The van der Waals surface area contributed by atoms with Crippen LogP contribution in [0.1, 0.15) is 45.4 Å². The van der Waals surface area contributed by atoms with Gasteiger partial charge in [-0.15, -0.1) is 0 Å². The molecule has 0 radical (unpaired) electrons. The highest BCUT2D eigenvalue weighted by Gasteiger charge is 1.86. The predicted molar refractivity (Wildman–Crippen MR) is 59.3 cm³/mol. The molecule has 2 heteroatoms. The molecule has 12 heavy (non-hydrogen) atoms. The minimum Gasteiger partial charge on any atom is -0.390 e. The SMILES string of the molecule is CCCCCCCC=CC(N)=S. The maximum absolute atomic E-state index is 5.30. The van der Waals surface area contributed by atoms with E-state index in [1.54, 1.807) is 0 Å². The highest BCUT2D eigenvalue weighted by atomic mass is 32.1. The minimum atomic E-state index is 0.489. The Bertz CT molecular complexity index is 141. The van der Waals surface area contributed by atoms with E-state index in [1.807, 2.05) is 6.08 Å². The zero-order chi connectivity index (χ0) is 9.23. The first-order valence-corrected chi connectivity index (χ1v) is 5.14. The van der Waals surface area contributed by atoms with Gasteiger partial charge in [0.25, 0.3) is 0 Å². The summed E-state index contributed by atoms with van der Waals surface area (Å²) in [4.78, 5) is 0.489. The molecule has 2 N–H and O–H groups in total. The summed E-state index contributed by atoms with van der Waals surface area (Å²) >= 11 is 4.71. The fourth-order valence-electron chi connectivity index (χ4n) is 1.07. The van der Waals surface area contributed by atoms with Gasteiger partial charge in [0.15, 0.2) is 0 Å². The second-order valence-corrected chi connectivity index (χ2v) is 3.48. The lowest BCUT2D eigenvalue weighted by Gasteiger charge is -1.95. The number of hydrogen-bond acceptors (Lipinski definition) is 1. The lowest BCUT2D eigenvalue weighted by atomic mass is 10.1. The van der Waals surface area contributed by atoms with E-state index in [9.17, 15) is 0 Å². The van der Waals surface area contributed by atoms with Gasteiger partial charge in [-0.05, 0) is 18.9 Å². The number of thiocarbonyl (C=S) groups is 1. The summed E-state index contributed by atoms with van der Waals surface area (Å²) in [5.74, 6) is 0. The summed E-state index contributed by atoms with van der Waals surface area (Å²) in [6.45, 7) is 2.23. The van der Waals surface area contributed by atoms with E-state index >= 15 is 0 Å². The van der Waals surface area contributed by atoms with Crippen LogP contribution in [0.2, 0.25) is 0 Å². The van der Waals surface area contributed by atoms with Gasteiger partial charge in [-0.3, -0.25) is 0 Å². The average molecular weight is 185 g/mol. The average Bonchev–Trinajstić information content (AvgIpc) is 2.02. The molecule has 0 aromatic carbocycles. The predicted octanol–water partition coefficient (Wildman–Crippen LogP) is 3.19. The van der Waals surface area contributed by atoms with Gasteiger partial charge in [-0.2, -0.15) is 0 Å². The van der Waals surface area contributed by atoms with Crippen LogP contribution in [-0.2, 0) is 0 Å². The molecule has 70 valence electrons. The van der Waals surface area contributed by atoms with Gasteiger partial charge in [0.2, 0.25) is 0 Å². The standard InChI is InChI=1S/C10H19NS/c1-2-3-4-5-6-7-8-9-10(11)12/h8-9H,2-7H2,1H3,(H2,11,12). The third-order valence-electron chi connectivity index (χ3n) is 1.76. The number of nitrogens with two attached hydrogens (primary N) is 1. The quantitative estimate of drug-likeness (QED) is 0.374. The van der Waals surface area contributed by atoms with Gasteiger partial charge < -0.3 is 5.73 Å². The lowest BCUT2D eigenvalue weighted by Crippen LogP contribution is -2.01. The molecule has 0 rings (SSSR count). The molecular formula is C10H19NS. The zero-order valence-corrected chi connectivity index (χ0v) is 8.70. The Kier molecular flexibility index (Phi) is 8.46. The van der Waals surface area contributed by atoms with E-state index in [0.717, 1.165) is 6.42 Å². The largest absolute Gasteiger partial charge is 0.390 e. The van der Waals surface area contributed by atoms with Crippen molar-refractivity contribution in [3.05, 3.63) is 12.2 Å². The molecule has 1 nitrogen and oxygen atoms in total. The Morgan fingerprint density at radius 3 is 2.50 bits per heavy atom. The smallest absolute Gasteiger partial charge is 0.0958 e. The summed E-state index contributed by atoms with van der Waals surface area (Å²) in [5, 5.41) is 0. The second-order valence-electron chi connectivity index (χ2n) is 3.01. The van der Waals surface area contributed by atoms with Crippen LogP contribution in [0.25, 0.3) is 0 Å². The first-order valence-electron chi connectivity index (χ1n) is 4.73. The van der Waals surface area contributed by atoms with Crippen molar-refractivity contribution < 1.29 is 0 Å². The van der Waals surface area contributed by atoms with Gasteiger partial charge in [-0.1, -0.05) is 50.9 Å². The monoisotopic (exact) mass is 185 g/mol. The molecular weight excluding hydrogens is 166 g/mol. The van der Waals surface area contributed by atoms with E-state index in [2.05, 4.69) is 13.0 Å². The Labute approximate surface area is 81.0 Å². The van der Waals surface area contributed by atoms with E-state index in [-0.39, 0.29) is 0 Å². The maximum atomic E-state index is 5.30. The van der Waals surface area contributed by atoms with Crippen molar-refractivity contribution in [1.29, 1.82) is 0 Å². The van der Waals surface area contributed by atoms with Crippen LogP contribution < -0.4 is 5.73 Å². The number of rotatable bonds is 7. The molecule has 0 heterocycles. The molecule has 0 saturated carbocycles. The third kappa shape index (κ3) is 9.63. The Hall–Kier alpha value is -0.370. The number of unbranched alkanes of at least 4 members (excludes halogenated alkanes) is 5. The van der Waals surface area contributed by atoms with Crippen molar-refractivity contribution in [2.75, 3.05) is 0 Å². The van der Waals surface area contributed by atoms with Crippen molar-refractivity contribution in [1.82, 2.24) is 0 Å². The number of allylic oxidation sites excluding steroid dienone is 1. The molecule has 0 atom stereocenters. The molecule has 0 aromatic rings. The summed E-state index contributed by atoms with van der Waals surface area (Å²) < 4.78 is 0. The molecule has 0 aliphatic heterocycles. The van der Waals surface area contributed by atoms with E-state index < -0.39 is 0 Å². The van der Waals surface area contributed by atoms with E-state index in [4.69, 9.17) is 18.0 Å². The summed E-state index contributed by atoms with van der Waals surface area (Å²) in [5.41, 5.74) is 5.30. The van der Waals surface area contributed by atoms with Crippen molar-refractivity contribution in [3.63, 3.8) is 0 Å². The topological polar surface area (TPSA) is 26.0 Å². The third-order valence-corrected chi connectivity index (χ3v) is 1.89. The second kappa shape index (κ2) is 8.72. The van der Waals surface area contributed by atoms with Crippen LogP contribution in [-0.4, -0.2) is 4.99 Å². The van der Waals surface area contributed by atoms with Crippen LogP contribution in [0.3, 0.4) is 0 Å². The maximum Gasteiger partial charge on any atom is 0.0958 e. The molecule has 0 bridgehead atoms. The summed E-state index contributed by atoms with van der Waals surface area (Å²) in [6.07, 6.45) is 11.6. The highest BCUT2D eigenvalue weighted by Crippen LogP contribution is 2.04. The molecule has 0 aliphatic rings. The molecule has 0 aromatic heterocycles. The van der Waals surface area contributed by atoms with Crippen molar-refractivity contribution in [3.8, 4) is 0 Å². The summed E-state index contributed by atoms with van der Waals surface area (Å²) in [6, 6.07) is 0. The first-order chi connectivity index (χ1) is 5.77. The molecule has 0 unspecified atom stereocenters. The van der Waals surface area contributed by atoms with Gasteiger partial charge in [0.1, 0.15) is 0 Å². The first kappa shape index (κ1) is 11.6. The normalized spacial score (nSPS) is 10.8. The Balaban J connectivity index is 3.05. The fraction of sp³-hybridized carbons (Fsp3) is 0.700. The van der Waals surface area contributed by atoms with Crippen LogP contribution in [0.4, 0.5) is 0 Å². The van der Waals surface area contributed by atoms with Gasteiger partial charge in [-0.25, -0.2) is 0 Å². The van der Waals surface area contributed by atoms with Crippen molar-refractivity contribution in [2.24, 2.45) is 5.73 Å². The van der Waals surface area contributed by atoms with Crippen LogP contribution in [0.15, 0.2) is 12.2 Å². The van der Waals surface area contributed by atoms with E-state index in [0.29, 0.717) is 4.99 Å². The highest BCUT2D eigenvalue weighted by molar-refractivity contribution is 7.80. The van der Waals surface area contributed by atoms with Crippen molar-refractivity contribution in [2.45, 2.75) is 45.4 Å². The molecule has 0 fully saturated rings. The molecule has 0 saturated heterocycles. The van der Waals surface area contributed by atoms with Crippen LogP contribution in [0.5, 0.6) is 0 Å². The molecule has 0 amide bonds. The Morgan fingerprint density at radius 1 is 1.25 bits per heavy atom. The molecule has 0 aliphatic carbocycles. The van der Waals surface area contributed by atoms with Gasteiger partial charge in [0, 0.05) is 0 Å². The minimum absolute atomic E-state index is 0.489. The van der Waals surface area contributed by atoms with Crippen LogP contribution in [0, 0.1) is 0 Å². The molecule has 0 spiro atoms. The van der Waals surface area contributed by atoms with Crippen LogP contribution >= 0.6 is 12.2 Å². The van der Waals surface area contributed by atoms with Crippen molar-refractivity contribution >= 4 is 17.2 Å². The van der Waals surface area contributed by atoms with E-state index in [1.165, 1.54) is 32.1 Å². The lowest BCUT2D eigenvalue weighted by molar-refractivity contribution is 0.637. The van der Waals surface area contributed by atoms with Gasteiger partial charge in [0.05, 0.1) is 4.99 Å². The Morgan fingerprint density at radius 2 is 1.92 bits per heavy atom.